The highest BCUT2D eigenvalue weighted by molar-refractivity contribution is 5.31. The van der Waals surface area contributed by atoms with E-state index in [1.807, 2.05) is 24.3 Å². The molecule has 3 nitrogen and oxygen atoms in total. The Balaban J connectivity index is 2.04. The number of rotatable bonds is 6. The average Bonchev–Trinajstić information content (AvgIpc) is 2.54. The van der Waals surface area contributed by atoms with Crippen molar-refractivity contribution in [1.29, 1.82) is 0 Å². The molecule has 0 fully saturated rings. The summed E-state index contributed by atoms with van der Waals surface area (Å²) in [4.78, 5) is 0. The van der Waals surface area contributed by atoms with Crippen LogP contribution in [0.1, 0.15) is 37.1 Å². The van der Waals surface area contributed by atoms with E-state index in [0.717, 1.165) is 11.5 Å². The molecular formula is C18H23NO2. The molecule has 0 unspecified atom stereocenters. The largest absolute Gasteiger partial charge is 0.497 e. The monoisotopic (exact) mass is 285 g/mol. The third-order valence-electron chi connectivity index (χ3n) is 3.71. The highest BCUT2D eigenvalue weighted by Crippen LogP contribution is 2.23. The smallest absolute Gasteiger partial charge is 0.119 e. The minimum atomic E-state index is 0.247. The molecule has 0 aliphatic rings. The van der Waals surface area contributed by atoms with E-state index in [4.69, 9.17) is 9.47 Å². The summed E-state index contributed by atoms with van der Waals surface area (Å²) in [6.45, 7) is 4.33. The second kappa shape index (κ2) is 7.14. The molecule has 0 aromatic heterocycles. The van der Waals surface area contributed by atoms with Crippen molar-refractivity contribution in [3.05, 3.63) is 59.7 Å². The molecule has 112 valence electrons. The van der Waals surface area contributed by atoms with Crippen LogP contribution in [0.5, 0.6) is 11.5 Å². The number of hydrogen-bond donors (Lipinski definition) is 1. The molecule has 0 aliphatic carbocycles. The molecule has 0 radical (unpaired) electrons. The van der Waals surface area contributed by atoms with Gasteiger partial charge >= 0.3 is 0 Å². The van der Waals surface area contributed by atoms with Crippen LogP contribution in [0.3, 0.4) is 0 Å². The fourth-order valence-electron chi connectivity index (χ4n) is 2.37. The van der Waals surface area contributed by atoms with Gasteiger partial charge in [-0.1, -0.05) is 24.3 Å². The molecule has 0 heterocycles. The van der Waals surface area contributed by atoms with Crippen molar-refractivity contribution in [1.82, 2.24) is 5.32 Å². The molecule has 0 amide bonds. The summed E-state index contributed by atoms with van der Waals surface area (Å²) >= 11 is 0. The highest BCUT2D eigenvalue weighted by atomic mass is 16.5. The predicted molar refractivity (Wildman–Crippen MR) is 86.0 cm³/mol. The molecule has 1 N–H and O–H groups in total. The van der Waals surface area contributed by atoms with Gasteiger partial charge < -0.3 is 14.8 Å². The number of methoxy groups -OCH3 is 2. The van der Waals surface area contributed by atoms with Gasteiger partial charge in [-0.2, -0.15) is 0 Å². The molecule has 2 atom stereocenters. The van der Waals surface area contributed by atoms with Crippen LogP contribution < -0.4 is 14.8 Å². The Labute approximate surface area is 126 Å². The Morgan fingerprint density at radius 2 is 1.38 bits per heavy atom. The van der Waals surface area contributed by atoms with Gasteiger partial charge in [-0.3, -0.25) is 0 Å². The second-order valence-corrected chi connectivity index (χ2v) is 5.16. The van der Waals surface area contributed by atoms with Gasteiger partial charge in [0, 0.05) is 12.1 Å². The van der Waals surface area contributed by atoms with Crippen LogP contribution in [0.4, 0.5) is 0 Å². The molecule has 0 aliphatic heterocycles. The zero-order valence-corrected chi connectivity index (χ0v) is 13.1. The van der Waals surface area contributed by atoms with Gasteiger partial charge in [-0.05, 0) is 49.2 Å². The van der Waals surface area contributed by atoms with Crippen molar-refractivity contribution in [2.24, 2.45) is 0 Å². The molecule has 2 aromatic rings. The van der Waals surface area contributed by atoms with Gasteiger partial charge in [-0.25, -0.2) is 0 Å². The second-order valence-electron chi connectivity index (χ2n) is 5.16. The maximum Gasteiger partial charge on any atom is 0.119 e. The zero-order chi connectivity index (χ0) is 15.2. The lowest BCUT2D eigenvalue weighted by Crippen LogP contribution is -2.22. The van der Waals surface area contributed by atoms with Crippen molar-refractivity contribution in [3.8, 4) is 11.5 Å². The molecule has 21 heavy (non-hydrogen) atoms. The van der Waals surface area contributed by atoms with Crippen molar-refractivity contribution >= 4 is 0 Å². The SMILES string of the molecule is COc1ccc([C@@H](C)N[C@@H](C)c2cccc(OC)c2)cc1. The molecule has 0 saturated heterocycles. The van der Waals surface area contributed by atoms with Crippen LogP contribution in [0.2, 0.25) is 0 Å². The first-order valence-corrected chi connectivity index (χ1v) is 7.18. The van der Waals surface area contributed by atoms with Crippen molar-refractivity contribution in [2.75, 3.05) is 14.2 Å². The van der Waals surface area contributed by atoms with Crippen LogP contribution in [0.15, 0.2) is 48.5 Å². The first-order valence-electron chi connectivity index (χ1n) is 7.18. The van der Waals surface area contributed by atoms with Crippen LogP contribution >= 0.6 is 0 Å². The van der Waals surface area contributed by atoms with E-state index in [1.54, 1.807) is 14.2 Å². The van der Waals surface area contributed by atoms with E-state index in [0.29, 0.717) is 0 Å². The molecule has 0 saturated carbocycles. The van der Waals surface area contributed by atoms with Crippen LogP contribution in [-0.4, -0.2) is 14.2 Å². The van der Waals surface area contributed by atoms with Gasteiger partial charge in [0.2, 0.25) is 0 Å². The lowest BCUT2D eigenvalue weighted by atomic mass is 10.0. The summed E-state index contributed by atoms with van der Waals surface area (Å²) in [5.74, 6) is 1.77. The van der Waals surface area contributed by atoms with Crippen LogP contribution in [0.25, 0.3) is 0 Å². The fourth-order valence-corrected chi connectivity index (χ4v) is 2.37. The maximum absolute atomic E-state index is 5.28. The van der Waals surface area contributed by atoms with E-state index in [9.17, 15) is 0 Å². The quantitative estimate of drug-likeness (QED) is 0.866. The minimum Gasteiger partial charge on any atom is -0.497 e. The van der Waals surface area contributed by atoms with Gasteiger partial charge in [0.1, 0.15) is 11.5 Å². The van der Waals surface area contributed by atoms with E-state index in [2.05, 4.69) is 43.4 Å². The molecule has 0 bridgehead atoms. The van der Waals surface area contributed by atoms with Crippen molar-refractivity contribution in [2.45, 2.75) is 25.9 Å². The van der Waals surface area contributed by atoms with Gasteiger partial charge in [-0.15, -0.1) is 0 Å². The Morgan fingerprint density at radius 1 is 0.762 bits per heavy atom. The van der Waals surface area contributed by atoms with Crippen LogP contribution in [0, 0.1) is 0 Å². The Morgan fingerprint density at radius 3 is 2.00 bits per heavy atom. The third kappa shape index (κ3) is 3.99. The first kappa shape index (κ1) is 15.4. The summed E-state index contributed by atoms with van der Waals surface area (Å²) < 4.78 is 10.5. The number of ether oxygens (including phenoxy) is 2. The Kier molecular flexibility index (Phi) is 5.23. The average molecular weight is 285 g/mol. The third-order valence-corrected chi connectivity index (χ3v) is 3.71. The van der Waals surface area contributed by atoms with Crippen LogP contribution in [-0.2, 0) is 0 Å². The van der Waals surface area contributed by atoms with E-state index in [1.165, 1.54) is 11.1 Å². The number of nitrogens with one attached hydrogen (secondary N) is 1. The fraction of sp³-hybridized carbons (Fsp3) is 0.333. The molecule has 3 heteroatoms. The summed E-state index contributed by atoms with van der Waals surface area (Å²) in [6, 6.07) is 16.8. The number of hydrogen-bond acceptors (Lipinski definition) is 3. The molecule has 0 spiro atoms. The molecular weight excluding hydrogens is 262 g/mol. The highest BCUT2D eigenvalue weighted by Gasteiger charge is 2.11. The van der Waals surface area contributed by atoms with Crippen molar-refractivity contribution in [3.63, 3.8) is 0 Å². The zero-order valence-electron chi connectivity index (χ0n) is 13.1. The lowest BCUT2D eigenvalue weighted by Gasteiger charge is -2.21. The minimum absolute atomic E-state index is 0.247. The number of benzene rings is 2. The molecule has 2 aromatic carbocycles. The van der Waals surface area contributed by atoms with Crippen molar-refractivity contribution < 1.29 is 9.47 Å². The van der Waals surface area contributed by atoms with Gasteiger partial charge in [0.05, 0.1) is 14.2 Å². The summed E-state index contributed by atoms with van der Waals surface area (Å²) in [5, 5.41) is 3.60. The summed E-state index contributed by atoms with van der Waals surface area (Å²) in [5.41, 5.74) is 2.46. The first-order chi connectivity index (χ1) is 10.1. The topological polar surface area (TPSA) is 30.5 Å². The Hall–Kier alpha value is -2.00. The van der Waals surface area contributed by atoms with E-state index in [-0.39, 0.29) is 12.1 Å². The van der Waals surface area contributed by atoms with E-state index < -0.39 is 0 Å². The Bertz CT molecular complexity index is 566. The molecule has 2 rings (SSSR count). The summed E-state index contributed by atoms with van der Waals surface area (Å²) in [6.07, 6.45) is 0. The predicted octanol–water partition coefficient (Wildman–Crippen LogP) is 4.12. The standard InChI is InChI=1S/C18H23NO2/c1-13(15-8-10-17(20-3)11-9-15)19-14(2)16-6-5-7-18(12-16)21-4/h5-14,19H,1-4H3/t13-,14+/m1/s1. The maximum atomic E-state index is 5.28. The normalized spacial score (nSPS) is 13.5. The summed E-state index contributed by atoms with van der Waals surface area (Å²) in [7, 11) is 3.37. The van der Waals surface area contributed by atoms with Gasteiger partial charge in [0.15, 0.2) is 0 Å². The van der Waals surface area contributed by atoms with E-state index >= 15 is 0 Å². The lowest BCUT2D eigenvalue weighted by molar-refractivity contribution is 0.412. The van der Waals surface area contributed by atoms with Gasteiger partial charge in [0.25, 0.3) is 0 Å².